The molecule has 0 saturated carbocycles. The van der Waals surface area contributed by atoms with Crippen molar-refractivity contribution in [3.63, 3.8) is 0 Å². The van der Waals surface area contributed by atoms with Gasteiger partial charge in [-0.15, -0.1) is 0 Å². The maximum absolute atomic E-state index is 10.8. The number of methoxy groups -OCH3 is 1. The number of hydrogen-bond acceptors (Lipinski definition) is 5. The number of benzene rings is 1. The van der Waals surface area contributed by atoms with Crippen molar-refractivity contribution < 1.29 is 22.4 Å². The number of pyridine rings is 1. The van der Waals surface area contributed by atoms with E-state index in [2.05, 4.69) is 15.9 Å². The lowest BCUT2D eigenvalue weighted by molar-refractivity contribution is -0.639. The highest BCUT2D eigenvalue weighted by Crippen LogP contribution is 2.29. The van der Waals surface area contributed by atoms with Gasteiger partial charge in [0, 0.05) is 0 Å². The predicted octanol–water partition coefficient (Wildman–Crippen LogP) is 2.63. The maximum Gasteiger partial charge on any atom is 0.242 e. The number of ether oxygens (including phenoxy) is 1. The van der Waals surface area contributed by atoms with Crippen LogP contribution >= 0.6 is 27.5 Å². The van der Waals surface area contributed by atoms with Gasteiger partial charge < -0.3 is 9.29 Å². The Morgan fingerprint density at radius 3 is 2.12 bits per heavy atom. The van der Waals surface area contributed by atoms with Gasteiger partial charge in [-0.2, -0.15) is 0 Å². The number of rotatable bonds is 2. The Bertz CT molecular complexity index is 834. The molecule has 0 aliphatic heterocycles. The van der Waals surface area contributed by atoms with E-state index in [1.165, 1.54) is 11.8 Å². The van der Waals surface area contributed by atoms with Crippen LogP contribution in [0.15, 0.2) is 33.9 Å². The summed E-state index contributed by atoms with van der Waals surface area (Å²) in [4.78, 5) is -0.0851. The van der Waals surface area contributed by atoms with E-state index < -0.39 is 10.1 Å². The molecule has 0 unspecified atom stereocenters. The topological polar surface area (TPSA) is 96.3 Å². The molecular weight excluding hydrogens is 420 g/mol. The van der Waals surface area contributed by atoms with Crippen molar-refractivity contribution in [2.45, 2.75) is 25.7 Å². The number of halogens is 2. The number of hydrogen-bond donors (Lipinski definition) is 1. The lowest BCUT2D eigenvalue weighted by Gasteiger charge is -2.14. The highest BCUT2D eigenvalue weighted by Gasteiger charge is 2.11. The summed E-state index contributed by atoms with van der Waals surface area (Å²) in [7, 11) is -2.80. The second-order valence-electron chi connectivity index (χ2n) is 5.12. The smallest absolute Gasteiger partial charge is 0.242 e. The molecule has 0 spiro atoms. The van der Waals surface area contributed by atoms with Crippen LogP contribution in [0, 0.1) is 20.8 Å². The Balaban J connectivity index is 0.000000243. The molecule has 2 rings (SSSR count). The fourth-order valence-corrected chi connectivity index (χ4v) is 3.75. The minimum atomic E-state index is -4.33. The van der Waals surface area contributed by atoms with E-state index in [0.717, 1.165) is 5.56 Å². The monoisotopic (exact) mass is 436 g/mol. The van der Waals surface area contributed by atoms with Gasteiger partial charge in [0.1, 0.15) is 19.6 Å². The van der Waals surface area contributed by atoms with Crippen molar-refractivity contribution in [2.75, 3.05) is 13.0 Å². The van der Waals surface area contributed by atoms with Crippen LogP contribution in [0.25, 0.3) is 0 Å². The van der Waals surface area contributed by atoms with E-state index in [1.54, 1.807) is 38.4 Å². The lowest BCUT2D eigenvalue weighted by atomic mass is 10.1. The molecule has 0 amide bonds. The average molecular weight is 438 g/mol. The number of aromatic nitrogens is 1. The number of nitrogen functional groups attached to an aromatic ring is 1. The zero-order valence-electron chi connectivity index (χ0n) is 13.6. The van der Waals surface area contributed by atoms with Gasteiger partial charge >= 0.3 is 0 Å². The SMILES string of the molecule is COc1c[n+](N)cc(Br)c1Cl.Cc1cc(C)c(S(=O)(=O)[O-])c(C)c1. The molecular formula is C15H18BrClN2O4S. The molecule has 1 aromatic carbocycles. The molecule has 6 nitrogen and oxygen atoms in total. The molecule has 0 aliphatic rings. The summed E-state index contributed by atoms with van der Waals surface area (Å²) in [5, 5.41) is 0.522. The van der Waals surface area contributed by atoms with Crippen LogP contribution in [0.2, 0.25) is 5.02 Å². The second kappa shape index (κ2) is 8.15. The lowest BCUT2D eigenvalue weighted by Crippen LogP contribution is -2.43. The van der Waals surface area contributed by atoms with Crippen molar-refractivity contribution in [2.24, 2.45) is 0 Å². The van der Waals surface area contributed by atoms with Gasteiger partial charge in [-0.1, -0.05) is 34.0 Å². The Kier molecular flexibility index (Phi) is 7.03. The van der Waals surface area contributed by atoms with Crippen LogP contribution in [0.3, 0.4) is 0 Å². The van der Waals surface area contributed by atoms with Crippen molar-refractivity contribution in [3.05, 3.63) is 50.7 Å². The molecule has 132 valence electrons. The summed E-state index contributed by atoms with van der Waals surface area (Å²) in [6, 6.07) is 3.38. The van der Waals surface area contributed by atoms with Gasteiger partial charge in [-0.25, -0.2) is 14.3 Å². The largest absolute Gasteiger partial charge is 0.744 e. The molecule has 0 bridgehead atoms. The molecule has 24 heavy (non-hydrogen) atoms. The number of nitrogens with two attached hydrogens (primary N) is 1. The van der Waals surface area contributed by atoms with Gasteiger partial charge in [-0.3, -0.25) is 0 Å². The van der Waals surface area contributed by atoms with Crippen molar-refractivity contribution in [1.82, 2.24) is 0 Å². The van der Waals surface area contributed by atoms with Crippen LogP contribution in [0.1, 0.15) is 16.7 Å². The van der Waals surface area contributed by atoms with Crippen molar-refractivity contribution in [1.29, 1.82) is 0 Å². The summed E-state index contributed by atoms with van der Waals surface area (Å²) < 4.78 is 39.5. The van der Waals surface area contributed by atoms with Crippen LogP contribution in [-0.4, -0.2) is 20.1 Å². The van der Waals surface area contributed by atoms with Gasteiger partial charge in [0.15, 0.2) is 0 Å². The summed E-state index contributed by atoms with van der Waals surface area (Å²) in [5.41, 5.74) is 2.00. The maximum atomic E-state index is 10.8. The summed E-state index contributed by atoms with van der Waals surface area (Å²) in [6.45, 7) is 5.12. The first-order valence-corrected chi connectivity index (χ1v) is 9.28. The van der Waals surface area contributed by atoms with Crippen LogP contribution in [0.4, 0.5) is 0 Å². The Morgan fingerprint density at radius 1 is 1.21 bits per heavy atom. The quantitative estimate of drug-likeness (QED) is 0.442. The van der Waals surface area contributed by atoms with Gasteiger partial charge in [0.25, 0.3) is 0 Å². The van der Waals surface area contributed by atoms with Crippen LogP contribution in [0.5, 0.6) is 5.75 Å². The third-order valence-corrected chi connectivity index (χ3v) is 5.39. The molecule has 0 radical (unpaired) electrons. The Morgan fingerprint density at radius 2 is 1.71 bits per heavy atom. The van der Waals surface area contributed by atoms with Gasteiger partial charge in [0.05, 0.1) is 12.0 Å². The molecule has 1 heterocycles. The molecule has 0 fully saturated rings. The molecule has 0 saturated heterocycles. The molecule has 0 atom stereocenters. The molecule has 9 heteroatoms. The fraction of sp³-hybridized carbons (Fsp3) is 0.267. The Labute approximate surface area is 155 Å². The first-order chi connectivity index (χ1) is 11.0. The predicted molar refractivity (Wildman–Crippen MR) is 94.7 cm³/mol. The van der Waals surface area contributed by atoms with E-state index in [0.29, 0.717) is 26.4 Å². The normalized spacial score (nSPS) is 10.8. The van der Waals surface area contributed by atoms with E-state index in [9.17, 15) is 13.0 Å². The second-order valence-corrected chi connectivity index (χ2v) is 7.67. The van der Waals surface area contributed by atoms with Crippen LogP contribution < -0.4 is 15.3 Å². The highest BCUT2D eigenvalue weighted by molar-refractivity contribution is 9.10. The summed E-state index contributed by atoms with van der Waals surface area (Å²) in [5.74, 6) is 6.00. The standard InChI is InChI=1S/C9H12O3S.C6H7BrClN2O/c1-6-4-7(2)9(8(3)5-6)13(10,11)12;1-11-5-3-10(9)2-4(7)6(5)8/h4-5H,1-3H3,(H,10,11,12);2-3H,9H2,1H3/q;+1/p-1. The number of aryl methyl sites for hydroxylation is 3. The minimum Gasteiger partial charge on any atom is -0.744 e. The fourth-order valence-electron chi connectivity index (χ4n) is 2.24. The zero-order chi connectivity index (χ0) is 18.7. The van der Waals surface area contributed by atoms with E-state index in [4.69, 9.17) is 22.2 Å². The third-order valence-electron chi connectivity index (χ3n) is 3.03. The van der Waals surface area contributed by atoms with Crippen molar-refractivity contribution in [3.8, 4) is 5.75 Å². The zero-order valence-corrected chi connectivity index (χ0v) is 16.8. The Hall–Kier alpha value is -1.35. The molecule has 2 N–H and O–H groups in total. The minimum absolute atomic E-state index is 0.0851. The highest BCUT2D eigenvalue weighted by atomic mass is 79.9. The average Bonchev–Trinajstić information content (AvgIpc) is 2.40. The first-order valence-electron chi connectivity index (χ1n) is 6.70. The van der Waals surface area contributed by atoms with Crippen LogP contribution in [-0.2, 0) is 10.1 Å². The van der Waals surface area contributed by atoms with Gasteiger partial charge in [0.2, 0.25) is 18.1 Å². The number of nitrogens with zero attached hydrogens (tertiary/aromatic N) is 1. The van der Waals surface area contributed by atoms with E-state index in [1.807, 2.05) is 6.92 Å². The summed E-state index contributed by atoms with van der Waals surface area (Å²) >= 11 is 9.05. The summed E-state index contributed by atoms with van der Waals surface area (Å²) in [6.07, 6.45) is 3.23. The van der Waals surface area contributed by atoms with E-state index >= 15 is 0 Å². The van der Waals surface area contributed by atoms with Gasteiger partial charge in [-0.05, 0) is 47.8 Å². The first kappa shape index (κ1) is 20.7. The molecule has 2 aromatic rings. The third kappa shape index (κ3) is 5.34. The molecule has 1 aromatic heterocycles. The van der Waals surface area contributed by atoms with E-state index in [-0.39, 0.29) is 4.90 Å². The molecule has 0 aliphatic carbocycles. The van der Waals surface area contributed by atoms with Crippen molar-refractivity contribution >= 4 is 37.6 Å².